The lowest BCUT2D eigenvalue weighted by Gasteiger charge is -2.24. The number of nitrogens with zero attached hydrogens (tertiary/aromatic N) is 4. The summed E-state index contributed by atoms with van der Waals surface area (Å²) in [6.07, 6.45) is 8.13. The van der Waals surface area contributed by atoms with Gasteiger partial charge in [0.2, 0.25) is 0 Å². The third-order valence-electron chi connectivity index (χ3n) is 5.04. The maximum absolute atomic E-state index is 12.8. The molecule has 25 heavy (non-hydrogen) atoms. The minimum atomic E-state index is -3.62. The summed E-state index contributed by atoms with van der Waals surface area (Å²) in [6.45, 7) is 0.741. The topological polar surface area (TPSA) is 101 Å². The van der Waals surface area contributed by atoms with E-state index in [1.54, 1.807) is 6.07 Å². The van der Waals surface area contributed by atoms with Gasteiger partial charge in [-0.2, -0.15) is 9.40 Å². The lowest BCUT2D eigenvalue weighted by molar-refractivity contribution is 0.332. The smallest absolute Gasteiger partial charge is 0.267 e. The monoisotopic (exact) mass is 363 g/mol. The second-order valence-corrected chi connectivity index (χ2v) is 8.53. The Morgan fingerprint density at radius 3 is 2.88 bits per heavy atom. The van der Waals surface area contributed by atoms with Crippen molar-refractivity contribution < 1.29 is 8.42 Å². The number of hydrogen-bond donors (Lipinski definition) is 1. The van der Waals surface area contributed by atoms with Crippen LogP contribution in [-0.2, 0) is 29.4 Å². The zero-order valence-corrected chi connectivity index (χ0v) is 14.7. The van der Waals surface area contributed by atoms with E-state index in [-0.39, 0.29) is 16.6 Å². The van der Waals surface area contributed by atoms with Gasteiger partial charge in [0.05, 0.1) is 24.8 Å². The first-order valence-electron chi connectivity index (χ1n) is 8.66. The quantitative estimate of drug-likeness (QED) is 0.862. The van der Waals surface area contributed by atoms with E-state index < -0.39 is 10.0 Å². The average molecular weight is 363 g/mol. The highest BCUT2D eigenvalue weighted by Crippen LogP contribution is 2.26. The van der Waals surface area contributed by atoms with Crippen LogP contribution in [0.4, 0.5) is 0 Å². The number of imidazole rings is 1. The molecule has 4 rings (SSSR count). The molecule has 1 N–H and O–H groups in total. The van der Waals surface area contributed by atoms with Gasteiger partial charge < -0.3 is 4.98 Å². The van der Waals surface area contributed by atoms with E-state index in [9.17, 15) is 13.2 Å². The summed E-state index contributed by atoms with van der Waals surface area (Å²) in [5.74, 6) is 0. The van der Waals surface area contributed by atoms with Crippen molar-refractivity contribution in [3.05, 3.63) is 40.2 Å². The molecule has 1 aliphatic heterocycles. The van der Waals surface area contributed by atoms with Gasteiger partial charge in [0.25, 0.3) is 15.6 Å². The predicted molar refractivity (Wildman–Crippen MR) is 90.6 cm³/mol. The standard InChI is InChI=1S/C16H21N5O3S/c22-16-8-12-4-1-2-6-14(12)19-20(16)10-13-5-3-7-21(13)25(23,24)15-9-17-11-18-15/h8-9,11,13H,1-7,10H2,(H,17,18). The Morgan fingerprint density at radius 1 is 1.24 bits per heavy atom. The first-order valence-corrected chi connectivity index (χ1v) is 10.1. The first-order chi connectivity index (χ1) is 12.1. The molecular weight excluding hydrogens is 342 g/mol. The Kier molecular flexibility index (Phi) is 4.20. The second-order valence-electron chi connectivity index (χ2n) is 6.67. The lowest BCUT2D eigenvalue weighted by atomic mass is 9.97. The molecule has 0 aromatic carbocycles. The van der Waals surface area contributed by atoms with Crippen LogP contribution in [0.5, 0.6) is 0 Å². The molecule has 134 valence electrons. The fourth-order valence-corrected chi connectivity index (χ4v) is 5.33. The van der Waals surface area contributed by atoms with Gasteiger partial charge in [0.1, 0.15) is 0 Å². The molecule has 9 heteroatoms. The third-order valence-corrected chi connectivity index (χ3v) is 6.92. The molecule has 0 amide bonds. The largest absolute Gasteiger partial charge is 0.335 e. The molecule has 2 aromatic rings. The van der Waals surface area contributed by atoms with Crippen molar-refractivity contribution in [1.82, 2.24) is 24.1 Å². The number of aromatic amines is 1. The Balaban J connectivity index is 1.61. The molecule has 0 saturated carbocycles. The van der Waals surface area contributed by atoms with Crippen LogP contribution in [0.3, 0.4) is 0 Å². The van der Waals surface area contributed by atoms with Crippen LogP contribution >= 0.6 is 0 Å². The van der Waals surface area contributed by atoms with Gasteiger partial charge in [-0.05, 0) is 44.1 Å². The molecule has 0 bridgehead atoms. The number of hydrogen-bond acceptors (Lipinski definition) is 5. The molecule has 1 atom stereocenters. The Bertz CT molecular complexity index is 920. The van der Waals surface area contributed by atoms with Crippen LogP contribution in [0.25, 0.3) is 0 Å². The van der Waals surface area contributed by atoms with E-state index in [0.29, 0.717) is 13.1 Å². The zero-order valence-electron chi connectivity index (χ0n) is 13.9. The van der Waals surface area contributed by atoms with Crippen LogP contribution in [-0.4, -0.2) is 45.1 Å². The molecule has 2 aromatic heterocycles. The van der Waals surface area contributed by atoms with Crippen molar-refractivity contribution in [3.8, 4) is 0 Å². The van der Waals surface area contributed by atoms with E-state index in [4.69, 9.17) is 0 Å². The fraction of sp³-hybridized carbons (Fsp3) is 0.562. The van der Waals surface area contributed by atoms with Crippen LogP contribution in [0, 0.1) is 0 Å². The van der Waals surface area contributed by atoms with Crippen LogP contribution in [0.15, 0.2) is 28.4 Å². The van der Waals surface area contributed by atoms with Crippen molar-refractivity contribution in [1.29, 1.82) is 0 Å². The molecule has 1 aliphatic carbocycles. The third kappa shape index (κ3) is 3.02. The van der Waals surface area contributed by atoms with E-state index in [2.05, 4.69) is 15.1 Å². The van der Waals surface area contributed by atoms with E-state index in [1.165, 1.54) is 21.5 Å². The van der Waals surface area contributed by atoms with E-state index in [0.717, 1.165) is 49.8 Å². The van der Waals surface area contributed by atoms with Crippen LogP contribution < -0.4 is 5.56 Å². The van der Waals surface area contributed by atoms with Crippen molar-refractivity contribution in [2.45, 2.75) is 56.1 Å². The number of aromatic nitrogens is 4. The molecule has 8 nitrogen and oxygen atoms in total. The first kappa shape index (κ1) is 16.5. The molecule has 3 heterocycles. The van der Waals surface area contributed by atoms with E-state index in [1.807, 2.05) is 0 Å². The number of H-pyrrole nitrogens is 1. The lowest BCUT2D eigenvalue weighted by Crippen LogP contribution is -2.41. The summed E-state index contributed by atoms with van der Waals surface area (Å²) < 4.78 is 28.4. The zero-order chi connectivity index (χ0) is 17.4. The maximum atomic E-state index is 12.8. The minimum absolute atomic E-state index is 0.0881. The van der Waals surface area contributed by atoms with Crippen molar-refractivity contribution in [2.75, 3.05) is 6.54 Å². The average Bonchev–Trinajstić information content (AvgIpc) is 3.27. The minimum Gasteiger partial charge on any atom is -0.335 e. The summed E-state index contributed by atoms with van der Waals surface area (Å²) in [7, 11) is -3.62. The number of fused-ring (bicyclic) bond motifs is 1. The number of nitrogens with one attached hydrogen (secondary N) is 1. The van der Waals surface area contributed by atoms with Crippen LogP contribution in [0.2, 0.25) is 0 Å². The molecule has 0 spiro atoms. The van der Waals surface area contributed by atoms with Gasteiger partial charge in [-0.1, -0.05) is 0 Å². The maximum Gasteiger partial charge on any atom is 0.267 e. The highest BCUT2D eigenvalue weighted by molar-refractivity contribution is 7.89. The Hall–Kier alpha value is -2.00. The summed E-state index contributed by atoms with van der Waals surface area (Å²) >= 11 is 0. The van der Waals surface area contributed by atoms with Crippen molar-refractivity contribution >= 4 is 10.0 Å². The van der Waals surface area contributed by atoms with Crippen molar-refractivity contribution in [3.63, 3.8) is 0 Å². The highest BCUT2D eigenvalue weighted by atomic mass is 32.2. The number of sulfonamides is 1. The summed E-state index contributed by atoms with van der Waals surface area (Å²) in [4.78, 5) is 18.8. The molecule has 1 saturated heterocycles. The summed E-state index contributed by atoms with van der Waals surface area (Å²) in [5.41, 5.74) is 1.87. The molecular formula is C16H21N5O3S. The Labute approximate surface area is 145 Å². The van der Waals surface area contributed by atoms with Gasteiger partial charge in [-0.3, -0.25) is 4.79 Å². The highest BCUT2D eigenvalue weighted by Gasteiger charge is 2.36. The molecule has 0 radical (unpaired) electrons. The molecule has 1 unspecified atom stereocenters. The SMILES string of the molecule is O=c1cc2c(nn1CC1CCCN1S(=O)(=O)c1cnc[nH]1)CCCC2. The van der Waals surface area contributed by atoms with E-state index >= 15 is 0 Å². The predicted octanol–water partition coefficient (Wildman–Crippen LogP) is 0.698. The van der Waals surface area contributed by atoms with Gasteiger partial charge >= 0.3 is 0 Å². The molecule has 2 aliphatic rings. The van der Waals surface area contributed by atoms with Gasteiger partial charge in [-0.25, -0.2) is 18.1 Å². The van der Waals surface area contributed by atoms with Gasteiger partial charge in [0, 0.05) is 18.7 Å². The van der Waals surface area contributed by atoms with Gasteiger partial charge in [-0.15, -0.1) is 0 Å². The number of aryl methyl sites for hydroxylation is 2. The number of rotatable bonds is 4. The van der Waals surface area contributed by atoms with Crippen molar-refractivity contribution in [2.24, 2.45) is 0 Å². The Morgan fingerprint density at radius 2 is 2.08 bits per heavy atom. The summed E-state index contributed by atoms with van der Waals surface area (Å²) in [6, 6.07) is 1.41. The molecule has 1 fully saturated rings. The second kappa shape index (κ2) is 6.38. The fourth-order valence-electron chi connectivity index (χ4n) is 3.75. The van der Waals surface area contributed by atoms with Gasteiger partial charge in [0.15, 0.2) is 5.03 Å². The normalized spacial score (nSPS) is 21.4. The summed E-state index contributed by atoms with van der Waals surface area (Å²) in [5, 5.41) is 4.61. The van der Waals surface area contributed by atoms with Crippen LogP contribution in [0.1, 0.15) is 36.9 Å².